The lowest BCUT2D eigenvalue weighted by Gasteiger charge is -2.19. The van der Waals surface area contributed by atoms with Crippen LogP contribution in [0, 0.1) is 10.1 Å². The number of carbonyl (C=O) groups excluding carboxylic acids is 1. The highest BCUT2D eigenvalue weighted by Gasteiger charge is 2.19. The number of benzene rings is 1. The monoisotopic (exact) mass is 415 g/mol. The maximum absolute atomic E-state index is 12.4. The van der Waals surface area contributed by atoms with Gasteiger partial charge in [0, 0.05) is 18.3 Å². The normalized spacial score (nSPS) is 11.4. The highest BCUT2D eigenvalue weighted by atomic mass is 16.6. The van der Waals surface area contributed by atoms with E-state index < -0.39 is 39.8 Å². The number of nitrogens with zero attached hydrogens (tertiary/aromatic N) is 3. The van der Waals surface area contributed by atoms with Gasteiger partial charge in [0.05, 0.1) is 21.4 Å². The van der Waals surface area contributed by atoms with Crippen LogP contribution in [0.4, 0.5) is 5.69 Å². The molecule has 0 aliphatic carbocycles. The smallest absolute Gasteiger partial charge is 0.328 e. The van der Waals surface area contributed by atoms with E-state index in [1.165, 1.54) is 12.1 Å². The van der Waals surface area contributed by atoms with Crippen LogP contribution in [0.2, 0.25) is 0 Å². The average molecular weight is 415 g/mol. The Kier molecular flexibility index (Phi) is 5.08. The van der Waals surface area contributed by atoms with Gasteiger partial charge >= 0.3 is 11.7 Å². The van der Waals surface area contributed by atoms with Crippen molar-refractivity contribution in [3.8, 4) is 11.4 Å². The first-order valence-electron chi connectivity index (χ1n) is 8.69. The van der Waals surface area contributed by atoms with Crippen LogP contribution in [0.25, 0.3) is 22.3 Å². The van der Waals surface area contributed by atoms with Gasteiger partial charge in [0.1, 0.15) is 18.0 Å². The number of esters is 1. The predicted molar refractivity (Wildman–Crippen MR) is 105 cm³/mol. The van der Waals surface area contributed by atoms with E-state index in [0.29, 0.717) is 0 Å². The standard InChI is InChI=1S/C18H17N5O7/c1-18(2,3)30-13(24)8-22-7-11(16(26)21-17(22)27)14-19-12-5-4-9(23(28)29)6-10(12)15(25)20-14/h4-7H,8H2,1-3H3,(H,19,20,25)(H,21,26,27). The minimum atomic E-state index is -0.839. The number of nitro benzene ring substituents is 1. The van der Waals surface area contributed by atoms with Crippen LogP contribution in [0.1, 0.15) is 20.8 Å². The van der Waals surface area contributed by atoms with Crippen LogP contribution >= 0.6 is 0 Å². The number of aromatic amines is 2. The van der Waals surface area contributed by atoms with Crippen molar-refractivity contribution >= 4 is 22.6 Å². The second kappa shape index (κ2) is 7.39. The minimum Gasteiger partial charge on any atom is -0.459 e. The highest BCUT2D eigenvalue weighted by Crippen LogP contribution is 2.18. The maximum atomic E-state index is 12.4. The highest BCUT2D eigenvalue weighted by molar-refractivity contribution is 5.81. The third kappa shape index (κ3) is 4.32. The van der Waals surface area contributed by atoms with Gasteiger partial charge in [0.2, 0.25) is 0 Å². The summed E-state index contributed by atoms with van der Waals surface area (Å²) in [4.78, 5) is 67.5. The SMILES string of the molecule is CC(C)(C)OC(=O)Cn1cc(-c2nc3ccc([N+](=O)[O-])cc3c(=O)[nH]2)c(=O)[nH]c1=O. The molecule has 0 amide bonds. The Hall–Kier alpha value is -4.09. The molecule has 0 unspecified atom stereocenters. The minimum absolute atomic E-state index is 0.0357. The second-order valence-corrected chi connectivity index (χ2v) is 7.39. The third-order valence-corrected chi connectivity index (χ3v) is 3.89. The van der Waals surface area contributed by atoms with Crippen LogP contribution in [0.3, 0.4) is 0 Å². The van der Waals surface area contributed by atoms with Crippen molar-refractivity contribution in [2.75, 3.05) is 0 Å². The fraction of sp³-hybridized carbons (Fsp3) is 0.278. The molecular formula is C18H17N5O7. The summed E-state index contributed by atoms with van der Waals surface area (Å²) < 4.78 is 6.08. The molecule has 12 nitrogen and oxygen atoms in total. The van der Waals surface area contributed by atoms with Crippen LogP contribution in [0.15, 0.2) is 38.8 Å². The molecular weight excluding hydrogens is 398 g/mol. The van der Waals surface area contributed by atoms with Gasteiger partial charge in [-0.1, -0.05) is 0 Å². The van der Waals surface area contributed by atoms with Crippen LogP contribution in [0.5, 0.6) is 0 Å². The molecule has 0 aliphatic heterocycles. The summed E-state index contributed by atoms with van der Waals surface area (Å²) in [7, 11) is 0. The second-order valence-electron chi connectivity index (χ2n) is 7.39. The van der Waals surface area contributed by atoms with Crippen molar-refractivity contribution < 1.29 is 14.5 Å². The molecule has 2 heterocycles. The summed E-state index contributed by atoms with van der Waals surface area (Å²) >= 11 is 0. The number of ether oxygens (including phenoxy) is 1. The van der Waals surface area contributed by atoms with E-state index in [1.807, 2.05) is 0 Å². The quantitative estimate of drug-likeness (QED) is 0.356. The van der Waals surface area contributed by atoms with Gasteiger partial charge < -0.3 is 9.72 Å². The molecule has 0 spiro atoms. The summed E-state index contributed by atoms with van der Waals surface area (Å²) in [5.41, 5.74) is -3.48. The molecule has 3 rings (SSSR count). The van der Waals surface area contributed by atoms with E-state index in [9.17, 15) is 29.3 Å². The predicted octanol–water partition coefficient (Wildman–Crippen LogP) is 0.690. The Bertz CT molecular complexity index is 1340. The fourth-order valence-corrected chi connectivity index (χ4v) is 2.68. The Morgan fingerprint density at radius 1 is 1.20 bits per heavy atom. The van der Waals surface area contributed by atoms with E-state index in [-0.39, 0.29) is 28.0 Å². The summed E-state index contributed by atoms with van der Waals surface area (Å²) in [6, 6.07) is 3.52. The molecule has 0 atom stereocenters. The lowest BCUT2D eigenvalue weighted by Crippen LogP contribution is -2.35. The first-order valence-corrected chi connectivity index (χ1v) is 8.69. The maximum Gasteiger partial charge on any atom is 0.328 e. The van der Waals surface area contributed by atoms with Crippen molar-refractivity contribution in [3.63, 3.8) is 0 Å². The molecule has 1 aromatic carbocycles. The first kappa shape index (κ1) is 20.6. The number of aromatic nitrogens is 4. The van der Waals surface area contributed by atoms with Crippen molar-refractivity contribution in [2.45, 2.75) is 32.9 Å². The summed E-state index contributed by atoms with van der Waals surface area (Å²) in [6.07, 6.45) is 1.08. The zero-order valence-corrected chi connectivity index (χ0v) is 16.2. The number of carbonyl (C=O) groups is 1. The number of fused-ring (bicyclic) bond motifs is 1. The van der Waals surface area contributed by atoms with Crippen molar-refractivity contribution in [3.05, 3.63) is 65.7 Å². The Labute approximate surface area is 167 Å². The zero-order valence-electron chi connectivity index (χ0n) is 16.2. The number of hydrogen-bond donors (Lipinski definition) is 2. The molecule has 3 aromatic rings. The molecule has 30 heavy (non-hydrogen) atoms. The summed E-state index contributed by atoms with van der Waals surface area (Å²) in [6.45, 7) is 4.53. The Balaban J connectivity index is 2.08. The van der Waals surface area contributed by atoms with Crippen LogP contribution < -0.4 is 16.8 Å². The van der Waals surface area contributed by atoms with E-state index in [4.69, 9.17) is 4.74 Å². The van der Waals surface area contributed by atoms with Gasteiger partial charge in [-0.15, -0.1) is 0 Å². The molecule has 12 heteroatoms. The largest absolute Gasteiger partial charge is 0.459 e. The van der Waals surface area contributed by atoms with Crippen LogP contribution in [-0.4, -0.2) is 36.0 Å². The van der Waals surface area contributed by atoms with E-state index in [1.54, 1.807) is 20.8 Å². The van der Waals surface area contributed by atoms with Crippen molar-refractivity contribution in [2.24, 2.45) is 0 Å². The number of H-pyrrole nitrogens is 2. The Morgan fingerprint density at radius 3 is 2.53 bits per heavy atom. The molecule has 0 saturated carbocycles. The van der Waals surface area contributed by atoms with Gasteiger partial charge in [-0.05, 0) is 26.8 Å². The van der Waals surface area contributed by atoms with Crippen LogP contribution in [-0.2, 0) is 16.1 Å². The van der Waals surface area contributed by atoms with Gasteiger partial charge in [0.15, 0.2) is 0 Å². The summed E-state index contributed by atoms with van der Waals surface area (Å²) in [5, 5.41) is 10.9. The van der Waals surface area contributed by atoms with Gasteiger partial charge in [-0.25, -0.2) is 9.78 Å². The van der Waals surface area contributed by atoms with Gasteiger partial charge in [0.25, 0.3) is 16.8 Å². The number of non-ortho nitro benzene ring substituents is 1. The van der Waals surface area contributed by atoms with Gasteiger partial charge in [-0.3, -0.25) is 34.0 Å². The van der Waals surface area contributed by atoms with E-state index >= 15 is 0 Å². The molecule has 0 bridgehead atoms. The number of nitro groups is 1. The molecule has 0 aliphatic rings. The zero-order chi connectivity index (χ0) is 22.2. The van der Waals surface area contributed by atoms with Crippen molar-refractivity contribution in [1.29, 1.82) is 0 Å². The van der Waals surface area contributed by atoms with E-state index in [2.05, 4.69) is 15.0 Å². The topological polar surface area (TPSA) is 170 Å². The fourth-order valence-electron chi connectivity index (χ4n) is 2.68. The third-order valence-electron chi connectivity index (χ3n) is 3.89. The molecule has 156 valence electrons. The molecule has 2 aromatic heterocycles. The molecule has 0 saturated heterocycles. The molecule has 0 radical (unpaired) electrons. The number of hydrogen-bond acceptors (Lipinski definition) is 8. The lowest BCUT2D eigenvalue weighted by molar-refractivity contribution is -0.384. The lowest BCUT2D eigenvalue weighted by atomic mass is 10.2. The van der Waals surface area contributed by atoms with Crippen molar-refractivity contribution in [1.82, 2.24) is 19.5 Å². The van der Waals surface area contributed by atoms with E-state index in [0.717, 1.165) is 16.8 Å². The Morgan fingerprint density at radius 2 is 1.90 bits per heavy atom. The molecule has 0 fully saturated rings. The molecule has 2 N–H and O–H groups in total. The number of nitrogens with one attached hydrogen (secondary N) is 2. The number of rotatable bonds is 4. The average Bonchev–Trinajstić information content (AvgIpc) is 2.62. The van der Waals surface area contributed by atoms with Gasteiger partial charge in [-0.2, -0.15) is 0 Å². The summed E-state index contributed by atoms with van der Waals surface area (Å²) in [5.74, 6) is -0.865. The first-order chi connectivity index (χ1) is 13.9.